The lowest BCUT2D eigenvalue weighted by atomic mass is 10.1. The molecule has 1 aromatic rings. The maximum atomic E-state index is 13.0. The first-order chi connectivity index (χ1) is 9.00. The van der Waals surface area contributed by atoms with Crippen molar-refractivity contribution < 1.29 is 17.6 Å². The molecule has 0 aliphatic carbocycles. The highest BCUT2D eigenvalue weighted by molar-refractivity contribution is 7.88. The number of sulfonamides is 1. The van der Waals surface area contributed by atoms with Gasteiger partial charge in [0, 0.05) is 17.6 Å². The second-order valence-electron chi connectivity index (χ2n) is 5.40. The van der Waals surface area contributed by atoms with E-state index in [1.54, 1.807) is 20.8 Å². The number of halogens is 1. The molecular formula is C13H19FN2O3S. The van der Waals surface area contributed by atoms with E-state index in [1.165, 1.54) is 18.2 Å². The number of carbonyl (C=O) groups is 1. The first-order valence-corrected chi connectivity index (χ1v) is 7.93. The van der Waals surface area contributed by atoms with E-state index in [0.29, 0.717) is 11.1 Å². The Bertz CT molecular complexity index is 612. The number of hydrogen-bond donors (Lipinski definition) is 2. The molecule has 0 fully saturated rings. The Morgan fingerprint density at radius 2 is 1.95 bits per heavy atom. The van der Waals surface area contributed by atoms with E-state index >= 15 is 0 Å². The summed E-state index contributed by atoms with van der Waals surface area (Å²) in [4.78, 5) is 12.0. The summed E-state index contributed by atoms with van der Waals surface area (Å²) in [5.74, 6) is -0.774. The van der Waals surface area contributed by atoms with Crippen molar-refractivity contribution >= 4 is 15.9 Å². The van der Waals surface area contributed by atoms with Crippen LogP contribution in [0.3, 0.4) is 0 Å². The van der Waals surface area contributed by atoms with Crippen LogP contribution in [-0.2, 0) is 10.0 Å². The summed E-state index contributed by atoms with van der Waals surface area (Å²) < 4.78 is 37.8. The molecule has 1 rings (SSSR count). The quantitative estimate of drug-likeness (QED) is 0.858. The Morgan fingerprint density at radius 3 is 2.45 bits per heavy atom. The van der Waals surface area contributed by atoms with Gasteiger partial charge in [0.1, 0.15) is 5.82 Å². The second-order valence-corrected chi connectivity index (χ2v) is 7.15. The molecule has 1 amide bonds. The number of amides is 1. The van der Waals surface area contributed by atoms with Crippen LogP contribution in [0.1, 0.15) is 29.8 Å². The maximum absolute atomic E-state index is 13.0. The molecule has 0 heterocycles. The predicted octanol–water partition coefficient (Wildman–Crippen LogP) is 1.19. The highest BCUT2D eigenvalue weighted by atomic mass is 32.2. The minimum absolute atomic E-state index is 0.121. The maximum Gasteiger partial charge on any atom is 0.251 e. The van der Waals surface area contributed by atoms with Crippen molar-refractivity contribution in [3.63, 3.8) is 0 Å². The summed E-state index contributed by atoms with van der Waals surface area (Å²) in [7, 11) is -3.36. The normalized spacial score (nSPS) is 12.2. The molecule has 0 spiro atoms. The zero-order valence-electron chi connectivity index (χ0n) is 12.0. The van der Waals surface area contributed by atoms with E-state index in [-0.39, 0.29) is 12.5 Å². The fraction of sp³-hybridized carbons (Fsp3) is 0.462. The molecule has 5 nitrogen and oxygen atoms in total. The molecule has 20 heavy (non-hydrogen) atoms. The van der Waals surface area contributed by atoms with Gasteiger partial charge in [0.2, 0.25) is 10.0 Å². The number of benzene rings is 1. The molecule has 112 valence electrons. The monoisotopic (exact) mass is 302 g/mol. The molecule has 2 N–H and O–H groups in total. The van der Waals surface area contributed by atoms with Gasteiger partial charge in [0.05, 0.1) is 6.26 Å². The van der Waals surface area contributed by atoms with Crippen molar-refractivity contribution in [1.29, 1.82) is 0 Å². The molecule has 0 aliphatic heterocycles. The Balaban J connectivity index is 2.72. The molecule has 0 aromatic heterocycles. The van der Waals surface area contributed by atoms with Gasteiger partial charge in [-0.15, -0.1) is 0 Å². The van der Waals surface area contributed by atoms with E-state index in [0.717, 1.165) is 6.26 Å². The average molecular weight is 302 g/mol. The smallest absolute Gasteiger partial charge is 0.251 e. The summed E-state index contributed by atoms with van der Waals surface area (Å²) in [6.07, 6.45) is 1.06. The van der Waals surface area contributed by atoms with Gasteiger partial charge in [-0.2, -0.15) is 0 Å². The molecule has 0 saturated carbocycles. The van der Waals surface area contributed by atoms with Gasteiger partial charge in [0.25, 0.3) is 5.91 Å². The van der Waals surface area contributed by atoms with Crippen LogP contribution in [0.25, 0.3) is 0 Å². The van der Waals surface area contributed by atoms with Crippen LogP contribution in [0.2, 0.25) is 0 Å². The lowest BCUT2D eigenvalue weighted by Crippen LogP contribution is -2.51. The summed E-state index contributed by atoms with van der Waals surface area (Å²) in [6.45, 7) is 5.07. The van der Waals surface area contributed by atoms with Crippen LogP contribution in [0.15, 0.2) is 18.2 Å². The highest BCUT2D eigenvalue weighted by Crippen LogP contribution is 2.10. The van der Waals surface area contributed by atoms with Crippen molar-refractivity contribution in [2.24, 2.45) is 0 Å². The molecule has 1 aromatic carbocycles. The van der Waals surface area contributed by atoms with Crippen LogP contribution >= 0.6 is 0 Å². The molecule has 0 saturated heterocycles. The van der Waals surface area contributed by atoms with Gasteiger partial charge >= 0.3 is 0 Å². The molecular weight excluding hydrogens is 283 g/mol. The van der Waals surface area contributed by atoms with Crippen LogP contribution in [0.4, 0.5) is 4.39 Å². The largest absolute Gasteiger partial charge is 0.350 e. The van der Waals surface area contributed by atoms with Crippen molar-refractivity contribution in [2.75, 3.05) is 12.8 Å². The number of carbonyl (C=O) groups excluding carboxylic acids is 1. The zero-order valence-corrected chi connectivity index (χ0v) is 12.8. The molecule has 0 aliphatic rings. The van der Waals surface area contributed by atoms with E-state index in [9.17, 15) is 17.6 Å². The third-order valence-corrected chi connectivity index (χ3v) is 3.51. The highest BCUT2D eigenvalue weighted by Gasteiger charge is 2.23. The molecule has 0 unspecified atom stereocenters. The van der Waals surface area contributed by atoms with E-state index in [4.69, 9.17) is 0 Å². The standard InChI is InChI=1S/C13H19FN2O3S/c1-9-7-10(14)5-6-11(9)12(17)15-8-13(2,3)16-20(4,18)19/h5-7,16H,8H2,1-4H3,(H,15,17). The molecule has 7 heteroatoms. The molecule has 0 radical (unpaired) electrons. The number of aryl methyl sites for hydroxylation is 1. The second kappa shape index (κ2) is 5.88. The Labute approximate surface area is 118 Å². The van der Waals surface area contributed by atoms with E-state index in [1.807, 2.05) is 0 Å². The Kier molecular flexibility index (Phi) is 4.88. The molecule has 0 atom stereocenters. The summed E-state index contributed by atoms with van der Waals surface area (Å²) in [6, 6.07) is 3.88. The first-order valence-electron chi connectivity index (χ1n) is 6.03. The van der Waals surface area contributed by atoms with E-state index in [2.05, 4.69) is 10.0 Å². The third kappa shape index (κ3) is 5.26. The Morgan fingerprint density at radius 1 is 1.35 bits per heavy atom. The van der Waals surface area contributed by atoms with Crippen molar-refractivity contribution in [3.05, 3.63) is 35.1 Å². The Hall–Kier alpha value is -1.47. The average Bonchev–Trinajstić information content (AvgIpc) is 2.22. The van der Waals surface area contributed by atoms with Gasteiger partial charge in [0.15, 0.2) is 0 Å². The van der Waals surface area contributed by atoms with Crippen molar-refractivity contribution in [2.45, 2.75) is 26.3 Å². The van der Waals surface area contributed by atoms with E-state index < -0.39 is 21.4 Å². The van der Waals surface area contributed by atoms with Crippen molar-refractivity contribution in [3.8, 4) is 0 Å². The minimum atomic E-state index is -3.36. The van der Waals surface area contributed by atoms with Gasteiger partial charge in [-0.3, -0.25) is 4.79 Å². The SMILES string of the molecule is Cc1cc(F)ccc1C(=O)NCC(C)(C)NS(C)(=O)=O. The fourth-order valence-corrected chi connectivity index (χ4v) is 2.89. The zero-order chi connectivity index (χ0) is 15.6. The lowest BCUT2D eigenvalue weighted by molar-refractivity contribution is 0.0944. The van der Waals surface area contributed by atoms with Gasteiger partial charge in [-0.1, -0.05) is 0 Å². The van der Waals surface area contributed by atoms with Crippen LogP contribution in [-0.4, -0.2) is 32.7 Å². The van der Waals surface area contributed by atoms with Crippen molar-refractivity contribution in [1.82, 2.24) is 10.0 Å². The number of nitrogens with one attached hydrogen (secondary N) is 2. The van der Waals surface area contributed by atoms with Gasteiger partial charge < -0.3 is 5.32 Å². The summed E-state index contributed by atoms with van der Waals surface area (Å²) in [5.41, 5.74) is 0.0786. The molecule has 0 bridgehead atoms. The van der Waals surface area contributed by atoms with Gasteiger partial charge in [-0.05, 0) is 44.5 Å². The third-order valence-electron chi connectivity index (χ3n) is 2.59. The topological polar surface area (TPSA) is 75.3 Å². The predicted molar refractivity (Wildman–Crippen MR) is 75.5 cm³/mol. The summed E-state index contributed by atoms with van der Waals surface area (Å²) in [5, 5.41) is 2.63. The lowest BCUT2D eigenvalue weighted by Gasteiger charge is -2.25. The van der Waals surface area contributed by atoms with Gasteiger partial charge in [-0.25, -0.2) is 17.5 Å². The summed E-state index contributed by atoms with van der Waals surface area (Å²) >= 11 is 0. The fourth-order valence-electron chi connectivity index (χ4n) is 1.82. The minimum Gasteiger partial charge on any atom is -0.350 e. The van der Waals surface area contributed by atoms with Crippen LogP contribution in [0, 0.1) is 12.7 Å². The first kappa shape index (κ1) is 16.6. The van der Waals surface area contributed by atoms with Crippen LogP contribution in [0.5, 0.6) is 0 Å². The number of hydrogen-bond acceptors (Lipinski definition) is 3. The number of rotatable bonds is 5. The van der Waals surface area contributed by atoms with Crippen LogP contribution < -0.4 is 10.0 Å².